The number of rotatable bonds is 4. The van der Waals surface area contributed by atoms with Crippen LogP contribution in [0.4, 0.5) is 8.78 Å². The number of nitrogens with two attached hydrogens (primary N) is 1. The number of halogens is 2. The van der Waals surface area contributed by atoms with Gasteiger partial charge in [0.2, 0.25) is 0 Å². The van der Waals surface area contributed by atoms with Gasteiger partial charge < -0.3 is 15.7 Å². The van der Waals surface area contributed by atoms with Crippen LogP contribution < -0.4 is 10.5 Å². The Bertz CT molecular complexity index is 625. The molecule has 0 atom stereocenters. The van der Waals surface area contributed by atoms with Crippen LogP contribution in [0.2, 0.25) is 0 Å². The maximum Gasteiger partial charge on any atom is 0.173 e. The Morgan fingerprint density at radius 1 is 1.10 bits per heavy atom. The molecule has 3 N–H and O–H groups in total. The van der Waals surface area contributed by atoms with Gasteiger partial charge in [-0.2, -0.15) is 0 Å². The summed E-state index contributed by atoms with van der Waals surface area (Å²) in [7, 11) is 0. The predicted octanol–water partition coefficient (Wildman–Crippen LogP) is 2.64. The van der Waals surface area contributed by atoms with Crippen LogP contribution in [0.5, 0.6) is 5.75 Å². The van der Waals surface area contributed by atoms with Crippen molar-refractivity contribution in [3.63, 3.8) is 0 Å². The summed E-state index contributed by atoms with van der Waals surface area (Å²) in [6.07, 6.45) is 0. The number of amidine groups is 1. The van der Waals surface area contributed by atoms with Crippen molar-refractivity contribution < 1.29 is 18.7 Å². The molecule has 0 aliphatic rings. The normalized spacial score (nSPS) is 11.4. The Labute approximate surface area is 114 Å². The van der Waals surface area contributed by atoms with Gasteiger partial charge in [-0.1, -0.05) is 23.4 Å². The Kier molecular flexibility index (Phi) is 4.14. The van der Waals surface area contributed by atoms with Crippen LogP contribution in [0.3, 0.4) is 0 Å². The average molecular weight is 278 g/mol. The summed E-state index contributed by atoms with van der Waals surface area (Å²) in [6, 6.07) is 10.0. The van der Waals surface area contributed by atoms with E-state index in [2.05, 4.69) is 5.16 Å². The fourth-order valence-electron chi connectivity index (χ4n) is 1.68. The molecule has 20 heavy (non-hydrogen) atoms. The maximum absolute atomic E-state index is 13.5. The van der Waals surface area contributed by atoms with Gasteiger partial charge in [0.05, 0.1) is 11.1 Å². The van der Waals surface area contributed by atoms with Crippen LogP contribution in [0.25, 0.3) is 0 Å². The highest BCUT2D eigenvalue weighted by molar-refractivity contribution is 5.99. The number of ether oxygens (including phenoxy) is 1. The van der Waals surface area contributed by atoms with E-state index in [0.29, 0.717) is 5.56 Å². The fraction of sp³-hybridized carbons (Fsp3) is 0.0714. The molecule has 0 bridgehead atoms. The van der Waals surface area contributed by atoms with E-state index in [1.807, 2.05) is 0 Å². The third-order valence-corrected chi connectivity index (χ3v) is 2.70. The average Bonchev–Trinajstić information content (AvgIpc) is 2.46. The molecule has 0 unspecified atom stereocenters. The standard InChI is InChI=1S/C14H12F2N2O2/c15-11-5-3-6-12(16)10(11)8-20-13-7-2-1-4-9(13)14(17)18-19/h1-7,19H,8H2,(H2,17,18). The van der Waals surface area contributed by atoms with Gasteiger partial charge in [-0.25, -0.2) is 8.78 Å². The van der Waals surface area contributed by atoms with Crippen LogP contribution in [0.15, 0.2) is 47.6 Å². The minimum atomic E-state index is -0.689. The molecule has 0 saturated heterocycles. The number of hydrogen-bond acceptors (Lipinski definition) is 3. The molecule has 2 aromatic rings. The van der Waals surface area contributed by atoms with Crippen molar-refractivity contribution in [2.75, 3.05) is 0 Å². The Morgan fingerprint density at radius 3 is 2.40 bits per heavy atom. The van der Waals surface area contributed by atoms with Gasteiger partial charge in [-0.15, -0.1) is 0 Å². The second-order valence-electron chi connectivity index (χ2n) is 3.97. The molecule has 6 heteroatoms. The van der Waals surface area contributed by atoms with Crippen LogP contribution in [0.1, 0.15) is 11.1 Å². The van der Waals surface area contributed by atoms with E-state index in [4.69, 9.17) is 15.7 Å². The Balaban J connectivity index is 2.24. The zero-order valence-corrected chi connectivity index (χ0v) is 10.4. The molecule has 0 saturated carbocycles. The Morgan fingerprint density at radius 2 is 1.75 bits per heavy atom. The van der Waals surface area contributed by atoms with Crippen molar-refractivity contribution in [1.82, 2.24) is 0 Å². The highest BCUT2D eigenvalue weighted by Gasteiger charge is 2.12. The molecule has 4 nitrogen and oxygen atoms in total. The van der Waals surface area contributed by atoms with Gasteiger partial charge in [0.1, 0.15) is 24.0 Å². The topological polar surface area (TPSA) is 67.8 Å². The van der Waals surface area contributed by atoms with Gasteiger partial charge in [0.25, 0.3) is 0 Å². The summed E-state index contributed by atoms with van der Waals surface area (Å²) < 4.78 is 32.3. The van der Waals surface area contributed by atoms with E-state index in [1.54, 1.807) is 24.3 Å². The minimum Gasteiger partial charge on any atom is -0.488 e. The lowest BCUT2D eigenvalue weighted by atomic mass is 10.2. The van der Waals surface area contributed by atoms with Crippen LogP contribution in [-0.2, 0) is 6.61 Å². The largest absolute Gasteiger partial charge is 0.488 e. The van der Waals surface area contributed by atoms with Crippen molar-refractivity contribution in [3.05, 3.63) is 65.2 Å². The molecule has 0 fully saturated rings. The van der Waals surface area contributed by atoms with E-state index in [0.717, 1.165) is 12.1 Å². The van der Waals surface area contributed by atoms with E-state index >= 15 is 0 Å². The molecule has 104 valence electrons. The highest BCUT2D eigenvalue weighted by atomic mass is 19.1. The molecule has 0 aliphatic heterocycles. The summed E-state index contributed by atoms with van der Waals surface area (Å²) in [5.74, 6) is -1.25. The lowest BCUT2D eigenvalue weighted by molar-refractivity contribution is 0.291. The van der Waals surface area contributed by atoms with Crippen molar-refractivity contribution in [1.29, 1.82) is 0 Å². The van der Waals surface area contributed by atoms with Gasteiger partial charge in [-0.05, 0) is 24.3 Å². The van der Waals surface area contributed by atoms with Gasteiger partial charge >= 0.3 is 0 Å². The van der Waals surface area contributed by atoms with Gasteiger partial charge in [0, 0.05) is 0 Å². The van der Waals surface area contributed by atoms with Crippen molar-refractivity contribution in [3.8, 4) is 5.75 Å². The number of para-hydroxylation sites is 1. The summed E-state index contributed by atoms with van der Waals surface area (Å²) in [5, 5.41) is 11.5. The number of benzene rings is 2. The Hall–Kier alpha value is -2.63. The summed E-state index contributed by atoms with van der Waals surface area (Å²) in [4.78, 5) is 0. The van der Waals surface area contributed by atoms with Crippen molar-refractivity contribution in [2.45, 2.75) is 6.61 Å². The number of hydrogen-bond donors (Lipinski definition) is 2. The molecule has 0 heterocycles. The zero-order chi connectivity index (χ0) is 14.5. The molecule has 0 aromatic heterocycles. The number of nitrogens with zero attached hydrogens (tertiary/aromatic N) is 1. The van der Waals surface area contributed by atoms with Gasteiger partial charge in [-0.3, -0.25) is 0 Å². The minimum absolute atomic E-state index is 0.144. The SMILES string of the molecule is N/C(=N/O)c1ccccc1OCc1c(F)cccc1F. The molecule has 2 aromatic carbocycles. The monoisotopic (exact) mass is 278 g/mol. The molecule has 0 radical (unpaired) electrons. The van der Waals surface area contributed by atoms with Crippen molar-refractivity contribution in [2.24, 2.45) is 10.9 Å². The summed E-state index contributed by atoms with van der Waals surface area (Å²) >= 11 is 0. The third-order valence-electron chi connectivity index (χ3n) is 2.70. The number of oxime groups is 1. The first-order valence-corrected chi connectivity index (χ1v) is 5.76. The predicted molar refractivity (Wildman–Crippen MR) is 69.6 cm³/mol. The third kappa shape index (κ3) is 2.85. The smallest absolute Gasteiger partial charge is 0.173 e. The highest BCUT2D eigenvalue weighted by Crippen LogP contribution is 2.21. The first kappa shape index (κ1) is 13.8. The van der Waals surface area contributed by atoms with Gasteiger partial charge in [0.15, 0.2) is 5.84 Å². The summed E-state index contributed by atoms with van der Waals surface area (Å²) in [5.41, 5.74) is 5.66. The fourth-order valence-corrected chi connectivity index (χ4v) is 1.68. The van der Waals surface area contributed by atoms with E-state index in [9.17, 15) is 8.78 Å². The lowest BCUT2D eigenvalue weighted by Crippen LogP contribution is -2.15. The molecule has 0 aliphatic carbocycles. The quantitative estimate of drug-likeness (QED) is 0.391. The molecular formula is C14H12F2N2O2. The molecule has 0 amide bonds. The maximum atomic E-state index is 13.5. The van der Waals surface area contributed by atoms with Crippen LogP contribution in [-0.4, -0.2) is 11.0 Å². The van der Waals surface area contributed by atoms with Crippen LogP contribution in [0, 0.1) is 11.6 Å². The molecular weight excluding hydrogens is 266 g/mol. The van der Waals surface area contributed by atoms with Crippen LogP contribution >= 0.6 is 0 Å². The van der Waals surface area contributed by atoms with E-state index in [1.165, 1.54) is 6.07 Å². The summed E-state index contributed by atoms with van der Waals surface area (Å²) in [6.45, 7) is -0.297. The first-order chi connectivity index (χ1) is 9.63. The second-order valence-corrected chi connectivity index (χ2v) is 3.97. The lowest BCUT2D eigenvalue weighted by Gasteiger charge is -2.11. The zero-order valence-electron chi connectivity index (χ0n) is 10.4. The second kappa shape index (κ2) is 6.01. The van der Waals surface area contributed by atoms with E-state index in [-0.39, 0.29) is 23.8 Å². The molecule has 2 rings (SSSR count). The molecule has 0 spiro atoms. The first-order valence-electron chi connectivity index (χ1n) is 5.76. The van der Waals surface area contributed by atoms with Crippen molar-refractivity contribution >= 4 is 5.84 Å². The van der Waals surface area contributed by atoms with E-state index < -0.39 is 11.6 Å².